The van der Waals surface area contributed by atoms with Crippen molar-refractivity contribution in [2.24, 2.45) is 5.41 Å². The van der Waals surface area contributed by atoms with E-state index in [4.69, 9.17) is 10.4 Å². The van der Waals surface area contributed by atoms with Gasteiger partial charge in [-0.1, -0.05) is 26.0 Å². The quantitative estimate of drug-likeness (QED) is 0.842. The predicted molar refractivity (Wildman–Crippen MR) is 78.4 cm³/mol. The highest BCUT2D eigenvalue weighted by Gasteiger charge is 2.25. The number of nitrogens with zero attached hydrogens (tertiary/aromatic N) is 1. The maximum absolute atomic E-state index is 12.0. The van der Waals surface area contributed by atoms with Crippen LogP contribution >= 0.6 is 0 Å². The van der Waals surface area contributed by atoms with Crippen LogP contribution in [0.25, 0.3) is 0 Å². The molecule has 1 atom stereocenters. The van der Waals surface area contributed by atoms with Crippen molar-refractivity contribution in [3.05, 3.63) is 35.4 Å². The number of carbonyl (C=O) groups is 2. The SMILES string of the molecule is CC(NC(=O)CC(C)(C)CC(=O)O)c1ccc(C#N)cc1. The van der Waals surface area contributed by atoms with Crippen LogP contribution in [0.15, 0.2) is 24.3 Å². The third kappa shape index (κ3) is 5.65. The van der Waals surface area contributed by atoms with E-state index in [1.165, 1.54) is 0 Å². The molecule has 1 rings (SSSR count). The van der Waals surface area contributed by atoms with E-state index in [-0.39, 0.29) is 24.8 Å². The number of nitriles is 1. The van der Waals surface area contributed by atoms with Crippen LogP contribution in [0.4, 0.5) is 0 Å². The first-order chi connectivity index (χ1) is 9.73. The van der Waals surface area contributed by atoms with E-state index in [2.05, 4.69) is 5.32 Å². The molecule has 0 aromatic heterocycles. The van der Waals surface area contributed by atoms with Gasteiger partial charge in [0.05, 0.1) is 24.1 Å². The van der Waals surface area contributed by atoms with Gasteiger partial charge in [-0.05, 0) is 30.0 Å². The molecule has 1 aromatic rings. The third-order valence-electron chi connectivity index (χ3n) is 3.19. The van der Waals surface area contributed by atoms with Crippen molar-refractivity contribution in [3.8, 4) is 6.07 Å². The smallest absolute Gasteiger partial charge is 0.303 e. The first-order valence-corrected chi connectivity index (χ1v) is 6.75. The molecule has 0 saturated carbocycles. The van der Waals surface area contributed by atoms with Gasteiger partial charge in [-0.3, -0.25) is 9.59 Å². The third-order valence-corrected chi connectivity index (χ3v) is 3.19. The Hall–Kier alpha value is -2.35. The first-order valence-electron chi connectivity index (χ1n) is 6.75. The lowest BCUT2D eigenvalue weighted by atomic mass is 9.85. The summed E-state index contributed by atoms with van der Waals surface area (Å²) in [7, 11) is 0. The van der Waals surface area contributed by atoms with Gasteiger partial charge in [0.15, 0.2) is 0 Å². The Morgan fingerprint density at radius 2 is 1.86 bits per heavy atom. The van der Waals surface area contributed by atoms with Crippen molar-refractivity contribution < 1.29 is 14.7 Å². The number of hydrogen-bond acceptors (Lipinski definition) is 3. The van der Waals surface area contributed by atoms with E-state index >= 15 is 0 Å². The first kappa shape index (κ1) is 16.7. The molecule has 1 amide bonds. The zero-order valence-corrected chi connectivity index (χ0v) is 12.5. The molecule has 112 valence electrons. The number of carboxylic acids is 1. The summed E-state index contributed by atoms with van der Waals surface area (Å²) in [5.41, 5.74) is 0.888. The average Bonchev–Trinajstić information content (AvgIpc) is 2.36. The van der Waals surface area contributed by atoms with Gasteiger partial charge in [0.25, 0.3) is 0 Å². The molecule has 1 aromatic carbocycles. The van der Waals surface area contributed by atoms with E-state index in [0.717, 1.165) is 5.56 Å². The van der Waals surface area contributed by atoms with Crippen LogP contribution in [-0.2, 0) is 9.59 Å². The largest absolute Gasteiger partial charge is 0.481 e. The summed E-state index contributed by atoms with van der Waals surface area (Å²) < 4.78 is 0. The molecule has 21 heavy (non-hydrogen) atoms. The minimum absolute atomic E-state index is 0.0499. The Kier molecular flexibility index (Phi) is 5.48. The van der Waals surface area contributed by atoms with Crippen molar-refractivity contribution >= 4 is 11.9 Å². The zero-order valence-electron chi connectivity index (χ0n) is 12.5. The Balaban J connectivity index is 2.61. The minimum Gasteiger partial charge on any atom is -0.481 e. The number of benzene rings is 1. The topological polar surface area (TPSA) is 90.2 Å². The van der Waals surface area contributed by atoms with Crippen molar-refractivity contribution in [2.45, 2.75) is 39.7 Å². The lowest BCUT2D eigenvalue weighted by molar-refractivity contribution is -0.139. The Labute approximate surface area is 124 Å². The predicted octanol–water partition coefficient (Wildman–Crippen LogP) is 2.63. The number of rotatable bonds is 6. The van der Waals surface area contributed by atoms with Crippen molar-refractivity contribution in [1.29, 1.82) is 5.26 Å². The highest BCUT2D eigenvalue weighted by Crippen LogP contribution is 2.25. The lowest BCUT2D eigenvalue weighted by Crippen LogP contribution is -2.31. The number of carboxylic acid groups (broad SMARTS) is 1. The van der Waals surface area contributed by atoms with Crippen LogP contribution in [0, 0.1) is 16.7 Å². The molecular weight excluding hydrogens is 268 g/mol. The Morgan fingerprint density at radius 3 is 2.33 bits per heavy atom. The minimum atomic E-state index is -0.909. The van der Waals surface area contributed by atoms with Crippen molar-refractivity contribution in [3.63, 3.8) is 0 Å². The summed E-state index contributed by atoms with van der Waals surface area (Å²) >= 11 is 0. The molecule has 0 aliphatic carbocycles. The zero-order chi connectivity index (χ0) is 16.0. The molecule has 0 radical (unpaired) electrons. The summed E-state index contributed by atoms with van der Waals surface area (Å²) in [5, 5.41) is 20.4. The highest BCUT2D eigenvalue weighted by molar-refractivity contribution is 5.78. The van der Waals surface area contributed by atoms with Crippen LogP contribution in [0.3, 0.4) is 0 Å². The molecule has 0 spiro atoms. The molecule has 5 nitrogen and oxygen atoms in total. The molecule has 1 unspecified atom stereocenters. The van der Waals surface area contributed by atoms with Gasteiger partial charge in [0, 0.05) is 6.42 Å². The van der Waals surface area contributed by atoms with E-state index in [0.29, 0.717) is 5.56 Å². The molecular formula is C16H20N2O3. The van der Waals surface area contributed by atoms with Crippen molar-refractivity contribution in [1.82, 2.24) is 5.32 Å². The van der Waals surface area contributed by atoms with Gasteiger partial charge in [-0.2, -0.15) is 5.26 Å². The number of hydrogen-bond donors (Lipinski definition) is 2. The number of carbonyl (C=O) groups excluding carboxylic acids is 1. The fourth-order valence-corrected chi connectivity index (χ4v) is 2.13. The maximum atomic E-state index is 12.0. The highest BCUT2D eigenvalue weighted by atomic mass is 16.4. The van der Waals surface area contributed by atoms with Gasteiger partial charge in [0.1, 0.15) is 0 Å². The monoisotopic (exact) mass is 288 g/mol. The van der Waals surface area contributed by atoms with Gasteiger partial charge >= 0.3 is 5.97 Å². The second-order valence-electron chi connectivity index (χ2n) is 5.93. The summed E-state index contributed by atoms with van der Waals surface area (Å²) in [4.78, 5) is 22.7. The van der Waals surface area contributed by atoms with E-state index < -0.39 is 11.4 Å². The van der Waals surface area contributed by atoms with Crippen LogP contribution in [0.2, 0.25) is 0 Å². The molecule has 0 saturated heterocycles. The van der Waals surface area contributed by atoms with Crippen LogP contribution < -0.4 is 5.32 Å². The molecule has 5 heteroatoms. The second-order valence-corrected chi connectivity index (χ2v) is 5.93. The average molecular weight is 288 g/mol. The number of nitrogens with one attached hydrogen (secondary N) is 1. The maximum Gasteiger partial charge on any atom is 0.303 e. The fraction of sp³-hybridized carbons (Fsp3) is 0.438. The summed E-state index contributed by atoms with van der Waals surface area (Å²) in [6.45, 7) is 5.36. The summed E-state index contributed by atoms with van der Waals surface area (Å²) in [5.74, 6) is -1.09. The van der Waals surface area contributed by atoms with E-state index in [1.807, 2.05) is 13.0 Å². The molecule has 0 fully saturated rings. The van der Waals surface area contributed by atoms with Gasteiger partial charge in [-0.15, -0.1) is 0 Å². The summed E-state index contributed by atoms with van der Waals surface area (Å²) in [6.07, 6.45) is 0.103. The molecule has 2 N–H and O–H groups in total. The normalized spacial score (nSPS) is 12.3. The molecule has 0 heterocycles. The summed E-state index contributed by atoms with van der Waals surface area (Å²) in [6, 6.07) is 8.85. The standard InChI is InChI=1S/C16H20N2O3/c1-11(13-6-4-12(10-17)5-7-13)18-14(19)8-16(2,3)9-15(20)21/h4-7,11H,8-9H2,1-3H3,(H,18,19)(H,20,21). The Bertz CT molecular complexity index is 556. The molecule has 0 bridgehead atoms. The van der Waals surface area contributed by atoms with Crippen molar-refractivity contribution in [2.75, 3.05) is 0 Å². The van der Waals surface area contributed by atoms with E-state index in [1.54, 1.807) is 38.1 Å². The Morgan fingerprint density at radius 1 is 1.29 bits per heavy atom. The van der Waals surface area contributed by atoms with E-state index in [9.17, 15) is 9.59 Å². The van der Waals surface area contributed by atoms with Crippen LogP contribution in [0.5, 0.6) is 0 Å². The second kappa shape index (κ2) is 6.89. The van der Waals surface area contributed by atoms with Crippen LogP contribution in [-0.4, -0.2) is 17.0 Å². The lowest BCUT2D eigenvalue weighted by Gasteiger charge is -2.23. The van der Waals surface area contributed by atoms with Crippen LogP contribution in [0.1, 0.15) is 50.8 Å². The number of aliphatic carboxylic acids is 1. The van der Waals surface area contributed by atoms with Gasteiger partial charge in [-0.25, -0.2) is 0 Å². The van der Waals surface area contributed by atoms with Gasteiger partial charge in [0.2, 0.25) is 5.91 Å². The number of amides is 1. The van der Waals surface area contributed by atoms with Gasteiger partial charge < -0.3 is 10.4 Å². The molecule has 0 aliphatic heterocycles. The fourth-order valence-electron chi connectivity index (χ4n) is 2.13. The molecule has 0 aliphatic rings.